The van der Waals surface area contributed by atoms with Crippen LogP contribution in [0.15, 0.2) is 0 Å². The third-order valence-electron chi connectivity index (χ3n) is 4.48. The molecule has 2 saturated heterocycles. The minimum absolute atomic E-state index is 0.216. The van der Waals surface area contributed by atoms with Crippen LogP contribution < -0.4 is 0 Å². The van der Waals surface area contributed by atoms with Gasteiger partial charge in [-0.15, -0.1) is 0 Å². The highest BCUT2D eigenvalue weighted by Crippen LogP contribution is 2.19. The fourth-order valence-electron chi connectivity index (χ4n) is 3.19. The average molecular weight is 266 g/mol. The first kappa shape index (κ1) is 14.5. The second-order valence-corrected chi connectivity index (χ2v) is 5.80. The molecule has 0 aromatic heterocycles. The summed E-state index contributed by atoms with van der Waals surface area (Å²) in [6, 6.07) is 0.567. The molecule has 2 aliphatic heterocycles. The van der Waals surface area contributed by atoms with Crippen molar-refractivity contribution in [2.24, 2.45) is 0 Å². The average Bonchev–Trinajstić information content (AvgIpc) is 2.64. The van der Waals surface area contributed by atoms with E-state index in [4.69, 9.17) is 0 Å². The molecular weight excluding hydrogens is 240 g/mol. The van der Waals surface area contributed by atoms with E-state index >= 15 is 0 Å². The zero-order valence-electron chi connectivity index (χ0n) is 12.1. The van der Waals surface area contributed by atoms with Crippen molar-refractivity contribution >= 4 is 11.7 Å². The van der Waals surface area contributed by atoms with E-state index in [9.17, 15) is 9.59 Å². The molecule has 0 bridgehead atoms. The molecule has 4 nitrogen and oxygen atoms in total. The van der Waals surface area contributed by atoms with E-state index in [1.165, 1.54) is 25.7 Å². The van der Waals surface area contributed by atoms with Crippen LogP contribution in [-0.2, 0) is 9.59 Å². The normalized spacial score (nSPS) is 26.3. The van der Waals surface area contributed by atoms with Crippen LogP contribution in [0.1, 0.15) is 51.9 Å². The molecule has 2 rings (SSSR count). The lowest BCUT2D eigenvalue weighted by Crippen LogP contribution is -2.46. The molecule has 0 radical (unpaired) electrons. The number of carbonyl (C=O) groups excluding carboxylic acids is 2. The zero-order chi connectivity index (χ0) is 13.7. The summed E-state index contributed by atoms with van der Waals surface area (Å²) in [6.07, 6.45) is 7.24. The Morgan fingerprint density at radius 2 is 1.89 bits per heavy atom. The van der Waals surface area contributed by atoms with Crippen molar-refractivity contribution in [1.82, 2.24) is 9.80 Å². The van der Waals surface area contributed by atoms with E-state index in [1.807, 2.05) is 4.90 Å². The van der Waals surface area contributed by atoms with Gasteiger partial charge in [-0.05, 0) is 25.8 Å². The van der Waals surface area contributed by atoms with Gasteiger partial charge in [-0.2, -0.15) is 0 Å². The summed E-state index contributed by atoms with van der Waals surface area (Å²) in [6.45, 7) is 5.07. The first-order valence-corrected chi connectivity index (χ1v) is 7.74. The van der Waals surface area contributed by atoms with Gasteiger partial charge in [0.1, 0.15) is 5.78 Å². The van der Waals surface area contributed by atoms with Gasteiger partial charge < -0.3 is 4.90 Å². The number of Topliss-reactive ketones (excluding diaryl/α,β-unsaturated/α-hetero) is 1. The molecule has 2 aliphatic rings. The quantitative estimate of drug-likeness (QED) is 0.782. The van der Waals surface area contributed by atoms with E-state index in [1.54, 1.807) is 0 Å². The van der Waals surface area contributed by atoms with Crippen LogP contribution in [0.4, 0.5) is 0 Å². The predicted octanol–water partition coefficient (Wildman–Crippen LogP) is 1.83. The van der Waals surface area contributed by atoms with Gasteiger partial charge in [-0.3, -0.25) is 14.5 Å². The van der Waals surface area contributed by atoms with Gasteiger partial charge in [-0.1, -0.05) is 19.8 Å². The molecule has 19 heavy (non-hydrogen) atoms. The Morgan fingerprint density at radius 3 is 2.58 bits per heavy atom. The topological polar surface area (TPSA) is 40.6 Å². The van der Waals surface area contributed by atoms with Gasteiger partial charge >= 0.3 is 0 Å². The fourth-order valence-corrected chi connectivity index (χ4v) is 3.19. The van der Waals surface area contributed by atoms with Crippen LogP contribution >= 0.6 is 0 Å². The summed E-state index contributed by atoms with van der Waals surface area (Å²) in [5, 5.41) is 0. The summed E-state index contributed by atoms with van der Waals surface area (Å²) in [5.74, 6) is 0.512. The number of rotatable bonds is 3. The maximum absolute atomic E-state index is 12.3. The summed E-state index contributed by atoms with van der Waals surface area (Å²) in [7, 11) is 0. The molecule has 4 heteroatoms. The van der Waals surface area contributed by atoms with Gasteiger partial charge in [-0.25, -0.2) is 0 Å². The maximum atomic E-state index is 12.3. The Balaban J connectivity index is 1.87. The molecule has 2 heterocycles. The fraction of sp³-hybridized carbons (Fsp3) is 0.867. The number of ketones is 1. The van der Waals surface area contributed by atoms with Crippen molar-refractivity contribution in [2.75, 3.05) is 26.2 Å². The highest BCUT2D eigenvalue weighted by atomic mass is 16.2. The van der Waals surface area contributed by atoms with Crippen molar-refractivity contribution in [3.8, 4) is 0 Å². The monoisotopic (exact) mass is 266 g/mol. The number of nitrogens with zero attached hydrogens (tertiary/aromatic N) is 2. The number of amides is 1. The Kier molecular flexibility index (Phi) is 5.37. The maximum Gasteiger partial charge on any atom is 0.236 e. The van der Waals surface area contributed by atoms with Gasteiger partial charge in [0.2, 0.25) is 5.91 Å². The largest absolute Gasteiger partial charge is 0.341 e. The van der Waals surface area contributed by atoms with Crippen LogP contribution in [-0.4, -0.2) is 53.7 Å². The summed E-state index contributed by atoms with van der Waals surface area (Å²) >= 11 is 0. The van der Waals surface area contributed by atoms with Crippen LogP contribution in [0.25, 0.3) is 0 Å². The Labute approximate surface area is 116 Å². The Bertz CT molecular complexity index is 320. The highest BCUT2D eigenvalue weighted by molar-refractivity contribution is 5.84. The van der Waals surface area contributed by atoms with Crippen LogP contribution in [0.3, 0.4) is 0 Å². The molecule has 0 saturated carbocycles. The number of hydrogen-bond donors (Lipinski definition) is 0. The summed E-state index contributed by atoms with van der Waals surface area (Å²) < 4.78 is 0. The lowest BCUT2D eigenvalue weighted by atomic mass is 10.1. The van der Waals surface area contributed by atoms with Crippen molar-refractivity contribution in [3.63, 3.8) is 0 Å². The first-order valence-electron chi connectivity index (χ1n) is 7.74. The van der Waals surface area contributed by atoms with Gasteiger partial charge in [0.05, 0.1) is 6.54 Å². The molecule has 1 unspecified atom stereocenters. The SMILES string of the molecule is CCC1CCCCCN1CC(=O)N1CCC(=O)CC1. The third kappa shape index (κ3) is 4.03. The van der Waals surface area contributed by atoms with Crippen LogP contribution in [0, 0.1) is 0 Å². The van der Waals surface area contributed by atoms with Crippen molar-refractivity contribution in [1.29, 1.82) is 0 Å². The lowest BCUT2D eigenvalue weighted by molar-refractivity contribution is -0.136. The molecule has 0 aliphatic carbocycles. The standard InChI is InChI=1S/C15H26N2O2/c1-2-13-6-4-3-5-9-17(13)12-15(19)16-10-7-14(18)8-11-16/h13H,2-12H2,1H3. The molecule has 1 amide bonds. The molecular formula is C15H26N2O2. The second-order valence-electron chi connectivity index (χ2n) is 5.80. The third-order valence-corrected chi connectivity index (χ3v) is 4.48. The van der Waals surface area contributed by atoms with E-state index in [2.05, 4.69) is 11.8 Å². The van der Waals surface area contributed by atoms with Gasteiger partial charge in [0.15, 0.2) is 0 Å². The zero-order valence-corrected chi connectivity index (χ0v) is 12.1. The van der Waals surface area contributed by atoms with Crippen LogP contribution in [0.5, 0.6) is 0 Å². The number of piperidine rings is 1. The van der Waals surface area contributed by atoms with Crippen molar-refractivity contribution < 1.29 is 9.59 Å². The van der Waals surface area contributed by atoms with E-state index in [0.717, 1.165) is 13.0 Å². The Hall–Kier alpha value is -0.900. The summed E-state index contributed by atoms with van der Waals surface area (Å²) in [4.78, 5) is 27.8. The molecule has 0 spiro atoms. The minimum atomic E-state index is 0.216. The predicted molar refractivity (Wildman–Crippen MR) is 74.9 cm³/mol. The van der Waals surface area contributed by atoms with E-state index in [-0.39, 0.29) is 5.91 Å². The summed E-state index contributed by atoms with van der Waals surface area (Å²) in [5.41, 5.74) is 0. The van der Waals surface area contributed by atoms with Crippen molar-refractivity contribution in [2.45, 2.75) is 57.9 Å². The highest BCUT2D eigenvalue weighted by Gasteiger charge is 2.26. The molecule has 0 aromatic carbocycles. The van der Waals surface area contributed by atoms with Gasteiger partial charge in [0, 0.05) is 32.0 Å². The second kappa shape index (κ2) is 7.04. The van der Waals surface area contributed by atoms with E-state index < -0.39 is 0 Å². The smallest absolute Gasteiger partial charge is 0.236 e. The van der Waals surface area contributed by atoms with Gasteiger partial charge in [0.25, 0.3) is 0 Å². The minimum Gasteiger partial charge on any atom is -0.341 e. The van der Waals surface area contributed by atoms with E-state index in [0.29, 0.717) is 44.3 Å². The number of likely N-dealkylation sites (tertiary alicyclic amines) is 2. The Morgan fingerprint density at radius 1 is 1.16 bits per heavy atom. The molecule has 0 aromatic rings. The number of hydrogen-bond acceptors (Lipinski definition) is 3. The van der Waals surface area contributed by atoms with Crippen molar-refractivity contribution in [3.05, 3.63) is 0 Å². The number of carbonyl (C=O) groups is 2. The molecule has 0 N–H and O–H groups in total. The first-order chi connectivity index (χ1) is 9.20. The lowest BCUT2D eigenvalue weighted by Gasteiger charge is -2.32. The van der Waals surface area contributed by atoms with Crippen LogP contribution in [0.2, 0.25) is 0 Å². The molecule has 108 valence electrons. The molecule has 2 fully saturated rings. The molecule has 1 atom stereocenters.